The van der Waals surface area contributed by atoms with Gasteiger partial charge < -0.3 is 10.2 Å². The van der Waals surface area contributed by atoms with Gasteiger partial charge in [0.05, 0.1) is 0 Å². The third kappa shape index (κ3) is 2.37. The van der Waals surface area contributed by atoms with Crippen molar-refractivity contribution in [1.29, 1.82) is 0 Å². The molecule has 1 heterocycles. The van der Waals surface area contributed by atoms with Gasteiger partial charge in [-0.2, -0.15) is 0 Å². The standard InChI is InChI=1S/C16H16N2O/c17-11-5-7-12-6-1-2-8-13(12)16-18-14-9-3-4-10-15(14)19-16/h1-4,6,8-10H,5,7,11,17H2. The number of benzene rings is 2. The zero-order chi connectivity index (χ0) is 13.1. The van der Waals surface area contributed by atoms with E-state index >= 15 is 0 Å². The Kier molecular flexibility index (Phi) is 3.29. The molecule has 0 aliphatic rings. The van der Waals surface area contributed by atoms with Crippen LogP contribution in [-0.4, -0.2) is 11.5 Å². The van der Waals surface area contributed by atoms with Crippen molar-refractivity contribution in [2.75, 3.05) is 6.54 Å². The molecule has 0 fully saturated rings. The van der Waals surface area contributed by atoms with Crippen molar-refractivity contribution in [1.82, 2.24) is 4.98 Å². The Bertz CT molecular complexity index is 655. The number of oxazole rings is 1. The first-order valence-corrected chi connectivity index (χ1v) is 6.52. The summed E-state index contributed by atoms with van der Waals surface area (Å²) in [5.74, 6) is 0.689. The van der Waals surface area contributed by atoms with Gasteiger partial charge in [-0.15, -0.1) is 0 Å². The first kappa shape index (κ1) is 11.9. The van der Waals surface area contributed by atoms with E-state index < -0.39 is 0 Å². The lowest BCUT2D eigenvalue weighted by Crippen LogP contribution is -2.01. The minimum absolute atomic E-state index is 0.689. The topological polar surface area (TPSA) is 52.0 Å². The molecule has 1 aromatic heterocycles. The second kappa shape index (κ2) is 5.24. The van der Waals surface area contributed by atoms with Gasteiger partial charge in [0.2, 0.25) is 5.89 Å². The van der Waals surface area contributed by atoms with E-state index in [-0.39, 0.29) is 0 Å². The molecule has 3 aromatic rings. The zero-order valence-electron chi connectivity index (χ0n) is 10.7. The minimum atomic E-state index is 0.689. The molecule has 0 aliphatic heterocycles. The summed E-state index contributed by atoms with van der Waals surface area (Å²) in [7, 11) is 0. The number of aryl methyl sites for hydroxylation is 1. The van der Waals surface area contributed by atoms with Gasteiger partial charge >= 0.3 is 0 Å². The Hall–Kier alpha value is -2.13. The van der Waals surface area contributed by atoms with E-state index in [0.29, 0.717) is 12.4 Å². The quantitative estimate of drug-likeness (QED) is 0.774. The summed E-state index contributed by atoms with van der Waals surface area (Å²) in [6, 6.07) is 16.0. The van der Waals surface area contributed by atoms with Crippen molar-refractivity contribution in [3.05, 3.63) is 54.1 Å². The largest absolute Gasteiger partial charge is 0.436 e. The van der Waals surface area contributed by atoms with Gasteiger partial charge in [0, 0.05) is 5.56 Å². The molecule has 0 radical (unpaired) electrons. The molecule has 0 saturated carbocycles. The molecule has 0 unspecified atom stereocenters. The van der Waals surface area contributed by atoms with Gasteiger partial charge in [-0.3, -0.25) is 0 Å². The average Bonchev–Trinajstić information content (AvgIpc) is 2.89. The maximum Gasteiger partial charge on any atom is 0.227 e. The number of rotatable bonds is 4. The smallest absolute Gasteiger partial charge is 0.227 e. The van der Waals surface area contributed by atoms with Crippen LogP contribution in [0.15, 0.2) is 52.9 Å². The minimum Gasteiger partial charge on any atom is -0.436 e. The van der Waals surface area contributed by atoms with Gasteiger partial charge in [-0.1, -0.05) is 30.3 Å². The molecule has 0 atom stereocenters. The van der Waals surface area contributed by atoms with E-state index in [0.717, 1.165) is 29.5 Å². The van der Waals surface area contributed by atoms with Gasteiger partial charge in [-0.25, -0.2) is 4.98 Å². The third-order valence-electron chi connectivity index (χ3n) is 3.19. The summed E-state index contributed by atoms with van der Waals surface area (Å²) in [6.45, 7) is 0.696. The second-order valence-corrected chi connectivity index (χ2v) is 4.54. The maximum absolute atomic E-state index is 5.83. The molecular weight excluding hydrogens is 236 g/mol. The summed E-state index contributed by atoms with van der Waals surface area (Å²) < 4.78 is 5.83. The van der Waals surface area contributed by atoms with Crippen LogP contribution >= 0.6 is 0 Å². The predicted molar refractivity (Wildman–Crippen MR) is 76.8 cm³/mol. The van der Waals surface area contributed by atoms with Crippen LogP contribution in [0.5, 0.6) is 0 Å². The molecule has 3 heteroatoms. The molecule has 2 aromatic carbocycles. The Balaban J connectivity index is 2.05. The van der Waals surface area contributed by atoms with Crippen molar-refractivity contribution in [2.45, 2.75) is 12.8 Å². The van der Waals surface area contributed by atoms with Gasteiger partial charge in [0.1, 0.15) is 5.52 Å². The van der Waals surface area contributed by atoms with E-state index in [1.165, 1.54) is 5.56 Å². The van der Waals surface area contributed by atoms with E-state index in [2.05, 4.69) is 17.1 Å². The lowest BCUT2D eigenvalue weighted by atomic mass is 10.0. The van der Waals surface area contributed by atoms with E-state index in [4.69, 9.17) is 10.2 Å². The lowest BCUT2D eigenvalue weighted by Gasteiger charge is -2.05. The van der Waals surface area contributed by atoms with Gasteiger partial charge in [0.15, 0.2) is 5.58 Å². The molecule has 19 heavy (non-hydrogen) atoms. The lowest BCUT2D eigenvalue weighted by molar-refractivity contribution is 0.618. The Morgan fingerprint density at radius 2 is 1.79 bits per heavy atom. The Morgan fingerprint density at radius 1 is 1.00 bits per heavy atom. The van der Waals surface area contributed by atoms with Crippen LogP contribution < -0.4 is 5.73 Å². The van der Waals surface area contributed by atoms with Crippen LogP contribution in [0.1, 0.15) is 12.0 Å². The molecule has 3 nitrogen and oxygen atoms in total. The molecule has 96 valence electrons. The number of hydrogen-bond acceptors (Lipinski definition) is 3. The highest BCUT2D eigenvalue weighted by molar-refractivity contribution is 5.76. The van der Waals surface area contributed by atoms with Crippen LogP contribution in [0.3, 0.4) is 0 Å². The summed E-state index contributed by atoms with van der Waals surface area (Å²) in [4.78, 5) is 4.55. The van der Waals surface area contributed by atoms with Crippen molar-refractivity contribution < 1.29 is 4.42 Å². The highest BCUT2D eigenvalue weighted by atomic mass is 16.3. The van der Waals surface area contributed by atoms with Crippen molar-refractivity contribution in [3.63, 3.8) is 0 Å². The predicted octanol–water partition coefficient (Wildman–Crippen LogP) is 3.39. The summed E-state index contributed by atoms with van der Waals surface area (Å²) >= 11 is 0. The summed E-state index contributed by atoms with van der Waals surface area (Å²) in [5, 5.41) is 0. The fraction of sp³-hybridized carbons (Fsp3) is 0.188. The van der Waals surface area contributed by atoms with Crippen LogP contribution in [0, 0.1) is 0 Å². The second-order valence-electron chi connectivity index (χ2n) is 4.54. The van der Waals surface area contributed by atoms with Gasteiger partial charge in [0.25, 0.3) is 0 Å². The zero-order valence-corrected chi connectivity index (χ0v) is 10.7. The van der Waals surface area contributed by atoms with Crippen LogP contribution in [0.4, 0.5) is 0 Å². The first-order chi connectivity index (χ1) is 9.38. The third-order valence-corrected chi connectivity index (χ3v) is 3.19. The van der Waals surface area contributed by atoms with E-state index in [1.807, 2.05) is 36.4 Å². The molecular formula is C16H16N2O. The van der Waals surface area contributed by atoms with E-state index in [1.54, 1.807) is 0 Å². The van der Waals surface area contributed by atoms with E-state index in [9.17, 15) is 0 Å². The molecule has 0 aliphatic carbocycles. The van der Waals surface area contributed by atoms with Crippen molar-refractivity contribution >= 4 is 11.1 Å². The van der Waals surface area contributed by atoms with Crippen molar-refractivity contribution in [2.24, 2.45) is 5.73 Å². The number of fused-ring (bicyclic) bond motifs is 1. The van der Waals surface area contributed by atoms with Crippen LogP contribution in [-0.2, 0) is 6.42 Å². The normalized spacial score (nSPS) is 11.0. The number of nitrogens with zero attached hydrogens (tertiary/aromatic N) is 1. The van der Waals surface area contributed by atoms with Gasteiger partial charge in [-0.05, 0) is 43.1 Å². The molecule has 0 bridgehead atoms. The average molecular weight is 252 g/mol. The van der Waals surface area contributed by atoms with Crippen LogP contribution in [0.2, 0.25) is 0 Å². The summed E-state index contributed by atoms with van der Waals surface area (Å²) in [6.07, 6.45) is 1.92. The fourth-order valence-corrected chi connectivity index (χ4v) is 2.23. The SMILES string of the molecule is NCCCc1ccccc1-c1nc2ccccc2o1. The number of aromatic nitrogens is 1. The number of hydrogen-bond donors (Lipinski definition) is 1. The molecule has 0 spiro atoms. The fourth-order valence-electron chi connectivity index (χ4n) is 2.23. The molecule has 2 N–H and O–H groups in total. The highest BCUT2D eigenvalue weighted by Gasteiger charge is 2.11. The Labute approximate surface area is 112 Å². The summed E-state index contributed by atoms with van der Waals surface area (Å²) in [5.41, 5.74) is 9.60. The number of nitrogens with two attached hydrogens (primary N) is 1. The Morgan fingerprint density at radius 3 is 2.63 bits per heavy atom. The molecule has 3 rings (SSSR count). The maximum atomic E-state index is 5.83. The monoisotopic (exact) mass is 252 g/mol. The highest BCUT2D eigenvalue weighted by Crippen LogP contribution is 2.27. The molecule has 0 amide bonds. The number of para-hydroxylation sites is 2. The molecule has 0 saturated heterocycles. The van der Waals surface area contributed by atoms with Crippen molar-refractivity contribution in [3.8, 4) is 11.5 Å². The first-order valence-electron chi connectivity index (χ1n) is 6.52. The van der Waals surface area contributed by atoms with Crippen LogP contribution in [0.25, 0.3) is 22.6 Å².